The van der Waals surface area contributed by atoms with Gasteiger partial charge in [-0.25, -0.2) is 4.79 Å². The van der Waals surface area contributed by atoms with Crippen LogP contribution in [0.2, 0.25) is 0 Å². The third-order valence-electron chi connectivity index (χ3n) is 2.57. The largest absolute Gasteiger partial charge is 0.392 e. The molecule has 1 atom stereocenters. The van der Waals surface area contributed by atoms with Crippen LogP contribution in [0.15, 0.2) is 0 Å². The molecule has 0 aliphatic carbocycles. The van der Waals surface area contributed by atoms with Crippen LogP contribution in [-0.4, -0.2) is 31.1 Å². The van der Waals surface area contributed by atoms with Crippen molar-refractivity contribution in [3.63, 3.8) is 0 Å². The molecule has 0 fully saturated rings. The van der Waals surface area contributed by atoms with Gasteiger partial charge in [0.2, 0.25) is 0 Å². The Balaban J connectivity index is 3.68. The number of carbonyl (C=O) groups is 2. The average Bonchev–Trinajstić information content (AvgIpc) is 2.34. The Hall–Kier alpha value is -0.980. The highest BCUT2D eigenvalue weighted by Gasteiger charge is 2.17. The van der Waals surface area contributed by atoms with Crippen molar-refractivity contribution in [2.24, 2.45) is 17.2 Å². The first kappa shape index (κ1) is 17.0. The molecule has 0 aliphatic rings. The number of rotatable bonds is 10. The molecule has 0 aromatic heterocycles. The van der Waals surface area contributed by atoms with E-state index >= 15 is 0 Å². The van der Waals surface area contributed by atoms with Crippen LogP contribution in [-0.2, 0) is 14.3 Å². The van der Waals surface area contributed by atoms with Crippen LogP contribution in [0.1, 0.15) is 44.9 Å². The summed E-state index contributed by atoms with van der Waals surface area (Å²) in [6.07, 6.45) is 4.73. The van der Waals surface area contributed by atoms with Gasteiger partial charge >= 0.3 is 11.9 Å². The predicted octanol–water partition coefficient (Wildman–Crippen LogP) is 0.0316. The zero-order chi connectivity index (χ0) is 13.8. The summed E-state index contributed by atoms with van der Waals surface area (Å²) in [5.41, 5.74) is 16.3. The molecule has 0 rings (SSSR count). The van der Waals surface area contributed by atoms with Crippen molar-refractivity contribution < 1.29 is 14.3 Å². The van der Waals surface area contributed by atoms with E-state index in [2.05, 4.69) is 4.74 Å². The van der Waals surface area contributed by atoms with Crippen molar-refractivity contribution in [1.29, 1.82) is 0 Å². The van der Waals surface area contributed by atoms with Crippen molar-refractivity contribution >= 4 is 11.9 Å². The molecule has 6 nitrogen and oxygen atoms in total. The first-order valence-corrected chi connectivity index (χ1v) is 6.52. The van der Waals surface area contributed by atoms with Gasteiger partial charge in [0.25, 0.3) is 0 Å². The number of hydrogen-bond donors (Lipinski definition) is 3. The summed E-state index contributed by atoms with van der Waals surface area (Å²) in [5.74, 6) is -1.15. The lowest BCUT2D eigenvalue weighted by molar-refractivity contribution is -0.160. The van der Waals surface area contributed by atoms with Crippen LogP contribution >= 0.6 is 0 Å². The van der Waals surface area contributed by atoms with Gasteiger partial charge in [0.15, 0.2) is 0 Å². The van der Waals surface area contributed by atoms with Crippen LogP contribution in [0, 0.1) is 0 Å². The van der Waals surface area contributed by atoms with Gasteiger partial charge in [-0.2, -0.15) is 0 Å². The molecule has 0 unspecified atom stereocenters. The second-order valence-corrected chi connectivity index (χ2v) is 4.28. The lowest BCUT2D eigenvalue weighted by atomic mass is 10.1. The van der Waals surface area contributed by atoms with Crippen LogP contribution in [0.25, 0.3) is 0 Å². The number of nitrogens with two attached hydrogens (primary N) is 3. The van der Waals surface area contributed by atoms with Gasteiger partial charge in [-0.1, -0.05) is 12.8 Å². The fraction of sp³-hybridized carbons (Fsp3) is 0.833. The summed E-state index contributed by atoms with van der Waals surface area (Å²) in [4.78, 5) is 22.7. The molecule has 0 aromatic rings. The minimum absolute atomic E-state index is 0.237. The molecule has 0 saturated carbocycles. The van der Waals surface area contributed by atoms with Crippen molar-refractivity contribution in [1.82, 2.24) is 0 Å². The number of hydrogen-bond acceptors (Lipinski definition) is 6. The summed E-state index contributed by atoms with van der Waals surface area (Å²) in [6, 6.07) is -0.732. The highest BCUT2D eigenvalue weighted by atomic mass is 16.6. The van der Waals surface area contributed by atoms with Gasteiger partial charge in [0.1, 0.15) is 6.04 Å². The molecule has 6 N–H and O–H groups in total. The summed E-state index contributed by atoms with van der Waals surface area (Å²) in [7, 11) is 0. The maximum Gasteiger partial charge on any atom is 0.330 e. The quantitative estimate of drug-likeness (QED) is 0.289. The summed E-state index contributed by atoms with van der Waals surface area (Å²) in [6.45, 7) is 1.18. The van der Waals surface area contributed by atoms with Crippen molar-refractivity contribution in [3.8, 4) is 0 Å². The van der Waals surface area contributed by atoms with Crippen LogP contribution in [0.4, 0.5) is 0 Å². The Bertz CT molecular complexity index is 247. The van der Waals surface area contributed by atoms with E-state index in [0.29, 0.717) is 25.9 Å². The summed E-state index contributed by atoms with van der Waals surface area (Å²) < 4.78 is 4.66. The Morgan fingerprint density at radius 2 is 1.56 bits per heavy atom. The molecule has 0 heterocycles. The Kier molecular flexibility index (Phi) is 10.5. The number of ether oxygens (including phenoxy) is 1. The fourth-order valence-electron chi connectivity index (χ4n) is 1.46. The number of carbonyl (C=O) groups excluding carboxylic acids is 2. The topological polar surface area (TPSA) is 121 Å². The van der Waals surface area contributed by atoms with E-state index in [4.69, 9.17) is 17.2 Å². The van der Waals surface area contributed by atoms with Crippen molar-refractivity contribution in [3.05, 3.63) is 0 Å². The molecule has 0 amide bonds. The minimum Gasteiger partial charge on any atom is -0.392 e. The zero-order valence-electron chi connectivity index (χ0n) is 10.9. The highest BCUT2D eigenvalue weighted by Crippen LogP contribution is 2.04. The normalized spacial score (nSPS) is 12.2. The SMILES string of the molecule is NCCCCCC(=O)OC(=O)[C@@H](N)CCCCN. The number of esters is 2. The van der Waals surface area contributed by atoms with Gasteiger partial charge in [-0.05, 0) is 38.8 Å². The van der Waals surface area contributed by atoms with E-state index in [0.717, 1.165) is 25.7 Å². The van der Waals surface area contributed by atoms with Gasteiger partial charge in [-0.3, -0.25) is 4.79 Å². The number of unbranched alkanes of at least 4 members (excludes halogenated alkanes) is 3. The summed E-state index contributed by atoms with van der Waals surface area (Å²) in [5, 5.41) is 0. The third kappa shape index (κ3) is 9.09. The first-order chi connectivity index (χ1) is 8.61. The lowest BCUT2D eigenvalue weighted by Crippen LogP contribution is -2.33. The molecule has 0 saturated heterocycles. The van der Waals surface area contributed by atoms with Gasteiger partial charge in [-0.15, -0.1) is 0 Å². The second-order valence-electron chi connectivity index (χ2n) is 4.28. The minimum atomic E-state index is -0.732. The van der Waals surface area contributed by atoms with Crippen molar-refractivity contribution in [2.45, 2.75) is 51.0 Å². The molecule has 0 bridgehead atoms. The zero-order valence-corrected chi connectivity index (χ0v) is 10.9. The molecule has 0 spiro atoms. The Morgan fingerprint density at radius 3 is 2.17 bits per heavy atom. The Labute approximate surface area is 108 Å². The van der Waals surface area contributed by atoms with Crippen LogP contribution in [0.3, 0.4) is 0 Å². The molecule has 0 aliphatic heterocycles. The fourth-order valence-corrected chi connectivity index (χ4v) is 1.46. The molecular weight excluding hydrogens is 234 g/mol. The van der Waals surface area contributed by atoms with E-state index in [1.54, 1.807) is 0 Å². The highest BCUT2D eigenvalue weighted by molar-refractivity contribution is 5.88. The molecular formula is C12H25N3O3. The van der Waals surface area contributed by atoms with E-state index in [1.165, 1.54) is 0 Å². The van der Waals surface area contributed by atoms with E-state index < -0.39 is 18.0 Å². The maximum absolute atomic E-state index is 11.4. The standard InChI is InChI=1S/C12H25N3O3/c13-8-4-1-2-7-11(16)18-12(17)10(15)6-3-5-9-14/h10H,1-9,13-15H2/t10-/m0/s1. The molecule has 106 valence electrons. The van der Waals surface area contributed by atoms with E-state index in [1.807, 2.05) is 0 Å². The monoisotopic (exact) mass is 259 g/mol. The summed E-state index contributed by atoms with van der Waals surface area (Å²) >= 11 is 0. The van der Waals surface area contributed by atoms with Gasteiger partial charge < -0.3 is 21.9 Å². The third-order valence-corrected chi connectivity index (χ3v) is 2.57. The maximum atomic E-state index is 11.4. The second kappa shape index (κ2) is 11.1. The average molecular weight is 259 g/mol. The van der Waals surface area contributed by atoms with Crippen LogP contribution in [0.5, 0.6) is 0 Å². The van der Waals surface area contributed by atoms with Crippen molar-refractivity contribution in [2.75, 3.05) is 13.1 Å². The molecule has 6 heteroatoms. The van der Waals surface area contributed by atoms with Gasteiger partial charge in [0, 0.05) is 6.42 Å². The Morgan fingerprint density at radius 1 is 0.944 bits per heavy atom. The molecule has 0 aromatic carbocycles. The van der Waals surface area contributed by atoms with E-state index in [-0.39, 0.29) is 6.42 Å². The van der Waals surface area contributed by atoms with Crippen LogP contribution < -0.4 is 17.2 Å². The lowest BCUT2D eigenvalue weighted by Gasteiger charge is -2.09. The first-order valence-electron chi connectivity index (χ1n) is 6.52. The molecule has 18 heavy (non-hydrogen) atoms. The predicted molar refractivity (Wildman–Crippen MR) is 69.5 cm³/mol. The van der Waals surface area contributed by atoms with E-state index in [9.17, 15) is 9.59 Å². The van der Waals surface area contributed by atoms with Gasteiger partial charge in [0.05, 0.1) is 0 Å². The smallest absolute Gasteiger partial charge is 0.330 e. The molecule has 0 radical (unpaired) electrons.